The maximum absolute atomic E-state index is 11.8. The van der Waals surface area contributed by atoms with Crippen molar-refractivity contribution >= 4 is 22.6 Å². The van der Waals surface area contributed by atoms with Crippen molar-refractivity contribution in [2.75, 3.05) is 11.0 Å². The zero-order valence-electron chi connectivity index (χ0n) is 5.04. The van der Waals surface area contributed by atoms with E-state index in [9.17, 15) is 13.2 Å². The van der Waals surface area contributed by atoms with E-state index in [1.807, 2.05) is 22.6 Å². The van der Waals surface area contributed by atoms with E-state index in [1.54, 1.807) is 0 Å². The lowest BCUT2D eigenvalue weighted by atomic mass is 10.5. The molecule has 60 valence electrons. The molecule has 0 saturated carbocycles. The van der Waals surface area contributed by atoms with Gasteiger partial charge in [-0.3, -0.25) is 0 Å². The van der Waals surface area contributed by atoms with Crippen LogP contribution < -0.4 is 0 Å². The average Bonchev–Trinajstić information content (AvgIpc) is 1.88. The van der Waals surface area contributed by atoms with E-state index in [-0.39, 0.29) is 6.61 Å². The molecule has 0 aromatic carbocycles. The van der Waals surface area contributed by atoms with Gasteiger partial charge in [0.1, 0.15) is 0 Å². The van der Waals surface area contributed by atoms with Gasteiger partial charge in [-0.05, 0) is 6.42 Å². The van der Waals surface area contributed by atoms with Gasteiger partial charge in [-0.2, -0.15) is 13.2 Å². The van der Waals surface area contributed by atoms with Gasteiger partial charge in [0.2, 0.25) is 0 Å². The van der Waals surface area contributed by atoms with Crippen LogP contribution in [0.5, 0.6) is 0 Å². The molecule has 0 aromatic rings. The van der Waals surface area contributed by atoms with Crippen LogP contribution in [-0.2, 0) is 4.74 Å². The largest absolute Gasteiger partial charge is 0.467 e. The number of rotatable bonds is 4. The van der Waals surface area contributed by atoms with Crippen molar-refractivity contribution < 1.29 is 17.9 Å². The molecular formula is C5H6F3IO. The van der Waals surface area contributed by atoms with Gasteiger partial charge in [0.25, 0.3) is 0 Å². The summed E-state index contributed by atoms with van der Waals surface area (Å²) in [6, 6.07) is -1.76. The van der Waals surface area contributed by atoms with E-state index in [1.165, 1.54) is 0 Å². The lowest BCUT2D eigenvalue weighted by Crippen LogP contribution is -1.92. The summed E-state index contributed by atoms with van der Waals surface area (Å²) in [4.78, 5) is 0. The Balaban J connectivity index is 3.40. The molecule has 0 bridgehead atoms. The highest BCUT2D eigenvalue weighted by molar-refractivity contribution is 14.1. The van der Waals surface area contributed by atoms with E-state index in [0.717, 1.165) is 4.43 Å². The first-order valence-corrected chi connectivity index (χ1v) is 4.10. The SMILES string of the molecule is FC(F)=C(F)OCCCI. The Morgan fingerprint density at radius 1 is 1.30 bits per heavy atom. The minimum Gasteiger partial charge on any atom is -0.467 e. The summed E-state index contributed by atoms with van der Waals surface area (Å²) in [5.41, 5.74) is 0. The van der Waals surface area contributed by atoms with Crippen LogP contribution >= 0.6 is 22.6 Å². The van der Waals surface area contributed by atoms with Crippen LogP contribution in [0.4, 0.5) is 13.2 Å². The Morgan fingerprint density at radius 3 is 2.30 bits per heavy atom. The lowest BCUT2D eigenvalue weighted by molar-refractivity contribution is 0.121. The highest BCUT2D eigenvalue weighted by Gasteiger charge is 2.04. The first-order valence-electron chi connectivity index (χ1n) is 2.58. The molecular weight excluding hydrogens is 260 g/mol. The predicted octanol–water partition coefficient (Wildman–Crippen LogP) is 2.86. The van der Waals surface area contributed by atoms with Gasteiger partial charge in [0.15, 0.2) is 0 Å². The maximum atomic E-state index is 11.8. The third-order valence-corrected chi connectivity index (χ3v) is 1.42. The minimum atomic E-state index is -2.39. The summed E-state index contributed by atoms with van der Waals surface area (Å²) >= 11 is 2.05. The van der Waals surface area contributed by atoms with Crippen molar-refractivity contribution in [1.29, 1.82) is 0 Å². The first-order chi connectivity index (χ1) is 4.68. The quantitative estimate of drug-likeness (QED) is 0.329. The van der Waals surface area contributed by atoms with Gasteiger partial charge in [-0.15, -0.1) is 0 Å². The van der Waals surface area contributed by atoms with E-state index in [4.69, 9.17) is 0 Å². The van der Waals surface area contributed by atoms with Crippen LogP contribution in [0.15, 0.2) is 12.1 Å². The molecule has 1 nitrogen and oxygen atoms in total. The molecule has 5 heteroatoms. The van der Waals surface area contributed by atoms with Crippen molar-refractivity contribution in [3.05, 3.63) is 12.1 Å². The number of halogens is 4. The normalized spacial score (nSPS) is 9.20. The Hall–Kier alpha value is 0.0600. The van der Waals surface area contributed by atoms with Crippen molar-refractivity contribution in [1.82, 2.24) is 0 Å². The Morgan fingerprint density at radius 2 is 1.90 bits per heavy atom. The molecule has 0 saturated heterocycles. The lowest BCUT2D eigenvalue weighted by Gasteiger charge is -1.98. The Bertz CT molecular complexity index is 122. The third kappa shape index (κ3) is 4.89. The molecule has 0 fully saturated rings. The fourth-order valence-corrected chi connectivity index (χ4v) is 0.582. The Kier molecular flexibility index (Phi) is 5.85. The highest BCUT2D eigenvalue weighted by atomic mass is 127. The molecule has 0 aliphatic heterocycles. The molecule has 0 spiro atoms. The van der Waals surface area contributed by atoms with Gasteiger partial charge >= 0.3 is 12.1 Å². The molecule has 10 heavy (non-hydrogen) atoms. The highest BCUT2D eigenvalue weighted by Crippen LogP contribution is 2.10. The summed E-state index contributed by atoms with van der Waals surface area (Å²) in [7, 11) is 0. The molecule has 0 heterocycles. The van der Waals surface area contributed by atoms with Crippen LogP contribution in [0.3, 0.4) is 0 Å². The maximum Gasteiger partial charge on any atom is 0.342 e. The van der Waals surface area contributed by atoms with E-state index in [0.29, 0.717) is 6.42 Å². The number of hydrogen-bond donors (Lipinski definition) is 0. The van der Waals surface area contributed by atoms with Gasteiger partial charge in [-0.25, -0.2) is 0 Å². The molecule has 0 rings (SSSR count). The van der Waals surface area contributed by atoms with Crippen molar-refractivity contribution in [3.63, 3.8) is 0 Å². The second-order valence-corrected chi connectivity index (χ2v) is 2.50. The van der Waals surface area contributed by atoms with Crippen molar-refractivity contribution in [3.8, 4) is 0 Å². The minimum absolute atomic E-state index is 0.00606. The first kappa shape index (κ1) is 10.1. The average molecular weight is 266 g/mol. The van der Waals surface area contributed by atoms with Gasteiger partial charge < -0.3 is 4.74 Å². The summed E-state index contributed by atoms with van der Waals surface area (Å²) in [6.45, 7) is 0.00606. The second-order valence-electron chi connectivity index (χ2n) is 1.43. The van der Waals surface area contributed by atoms with Crippen LogP contribution in [-0.4, -0.2) is 11.0 Å². The zero-order valence-corrected chi connectivity index (χ0v) is 7.20. The summed E-state index contributed by atoms with van der Waals surface area (Å²) in [5.74, 6) is 0. The standard InChI is InChI=1S/C5H6F3IO/c6-4(7)5(8)10-3-1-2-9/h1-3H2. The van der Waals surface area contributed by atoms with Crippen LogP contribution in [0.2, 0.25) is 0 Å². The van der Waals surface area contributed by atoms with Gasteiger partial charge in [0.05, 0.1) is 6.61 Å². The van der Waals surface area contributed by atoms with E-state index in [2.05, 4.69) is 4.74 Å². The van der Waals surface area contributed by atoms with Gasteiger partial charge in [0, 0.05) is 4.43 Å². The fraction of sp³-hybridized carbons (Fsp3) is 0.600. The third-order valence-electron chi connectivity index (χ3n) is 0.655. The van der Waals surface area contributed by atoms with E-state index >= 15 is 0 Å². The number of alkyl halides is 1. The monoisotopic (exact) mass is 266 g/mol. The predicted molar refractivity (Wildman–Crippen MR) is 39.8 cm³/mol. The summed E-state index contributed by atoms with van der Waals surface area (Å²) < 4.78 is 39.0. The molecule has 0 radical (unpaired) electrons. The van der Waals surface area contributed by atoms with Crippen LogP contribution in [0.25, 0.3) is 0 Å². The fourth-order valence-electron chi connectivity index (χ4n) is 0.271. The van der Waals surface area contributed by atoms with Crippen molar-refractivity contribution in [2.45, 2.75) is 6.42 Å². The van der Waals surface area contributed by atoms with E-state index < -0.39 is 12.1 Å². The number of ether oxygens (including phenoxy) is 1. The molecule has 0 atom stereocenters. The molecule has 0 aromatic heterocycles. The van der Waals surface area contributed by atoms with Crippen molar-refractivity contribution in [2.24, 2.45) is 0 Å². The van der Waals surface area contributed by atoms with Crippen LogP contribution in [0.1, 0.15) is 6.42 Å². The molecule has 0 aliphatic carbocycles. The molecule has 0 N–H and O–H groups in total. The van der Waals surface area contributed by atoms with Crippen LogP contribution in [0, 0.1) is 0 Å². The zero-order chi connectivity index (χ0) is 7.98. The summed E-state index contributed by atoms with van der Waals surface area (Å²) in [5, 5.41) is 0. The smallest absolute Gasteiger partial charge is 0.342 e. The summed E-state index contributed by atoms with van der Waals surface area (Å²) in [6.07, 6.45) is -1.82. The Labute approximate surface area is 70.4 Å². The topological polar surface area (TPSA) is 9.23 Å². The number of hydrogen-bond acceptors (Lipinski definition) is 1. The molecule has 0 unspecified atom stereocenters. The van der Waals surface area contributed by atoms with Gasteiger partial charge in [-0.1, -0.05) is 22.6 Å². The second kappa shape index (κ2) is 5.82. The molecule has 0 aliphatic rings. The molecule has 0 amide bonds.